The van der Waals surface area contributed by atoms with Gasteiger partial charge < -0.3 is 29.7 Å². The van der Waals surface area contributed by atoms with E-state index in [9.17, 15) is 24.6 Å². The summed E-state index contributed by atoms with van der Waals surface area (Å²) < 4.78 is 15.8. The van der Waals surface area contributed by atoms with E-state index in [1.165, 1.54) is 0 Å². The second-order valence-corrected chi connectivity index (χ2v) is 5.66. The Kier molecular flexibility index (Phi) is 9.05. The van der Waals surface area contributed by atoms with Crippen LogP contribution in [0.1, 0.15) is 39.5 Å². The third kappa shape index (κ3) is 5.98. The molecule has 1 heterocycles. The van der Waals surface area contributed by atoms with Crippen molar-refractivity contribution in [1.82, 2.24) is 5.32 Å². The number of carbonyl (C=O) groups is 3. The third-order valence-electron chi connectivity index (χ3n) is 3.77. The van der Waals surface area contributed by atoms with Gasteiger partial charge in [0, 0.05) is 25.7 Å². The molecule has 0 aliphatic carbocycles. The van der Waals surface area contributed by atoms with E-state index in [0.717, 1.165) is 0 Å². The van der Waals surface area contributed by atoms with E-state index in [1.807, 2.05) is 0 Å². The van der Waals surface area contributed by atoms with Crippen molar-refractivity contribution in [2.45, 2.75) is 70.2 Å². The molecule has 0 spiro atoms. The average Bonchev–Trinajstić information content (AvgIpc) is 2.64. The Labute approximate surface area is 152 Å². The zero-order valence-corrected chi connectivity index (χ0v) is 14.8. The van der Waals surface area contributed by atoms with Gasteiger partial charge in [0.15, 0.2) is 6.10 Å². The summed E-state index contributed by atoms with van der Waals surface area (Å²) in [6.07, 6.45) is 0.197. The maximum Gasteiger partial charge on any atom is 0.307 e. The van der Waals surface area contributed by atoms with Gasteiger partial charge in [-0.1, -0.05) is 13.8 Å². The van der Waals surface area contributed by atoms with Gasteiger partial charge in [0.2, 0.25) is 12.2 Å². The molecule has 0 bridgehead atoms. The lowest BCUT2D eigenvalue weighted by Gasteiger charge is -2.43. The van der Waals surface area contributed by atoms with Gasteiger partial charge in [-0.05, 0) is 0 Å². The van der Waals surface area contributed by atoms with Gasteiger partial charge in [-0.15, -0.1) is 12.3 Å². The summed E-state index contributed by atoms with van der Waals surface area (Å²) in [4.78, 5) is 35.5. The molecule has 1 amide bonds. The van der Waals surface area contributed by atoms with Gasteiger partial charge in [0.05, 0.1) is 6.61 Å². The van der Waals surface area contributed by atoms with Crippen molar-refractivity contribution < 1.29 is 38.8 Å². The van der Waals surface area contributed by atoms with Crippen LogP contribution < -0.4 is 5.32 Å². The highest BCUT2D eigenvalue weighted by atomic mass is 16.7. The second kappa shape index (κ2) is 10.8. The Bertz CT molecular complexity index is 543. The number of ether oxygens (including phenoxy) is 3. The quantitative estimate of drug-likeness (QED) is 0.375. The summed E-state index contributed by atoms with van der Waals surface area (Å²) in [5.74, 6) is 0.588. The molecule has 9 heteroatoms. The Hall–Kier alpha value is -2.15. The molecule has 0 radical (unpaired) electrons. The number of aliphatic hydroxyl groups is 2. The van der Waals surface area contributed by atoms with Crippen molar-refractivity contribution >= 4 is 17.8 Å². The first kappa shape index (κ1) is 21.9. The lowest BCUT2D eigenvalue weighted by Crippen LogP contribution is -2.66. The zero-order valence-electron chi connectivity index (χ0n) is 14.8. The molecule has 9 nitrogen and oxygen atoms in total. The van der Waals surface area contributed by atoms with E-state index in [-0.39, 0.29) is 25.7 Å². The van der Waals surface area contributed by atoms with Gasteiger partial charge >= 0.3 is 11.9 Å². The fourth-order valence-corrected chi connectivity index (χ4v) is 2.35. The lowest BCUT2D eigenvalue weighted by molar-refractivity contribution is -0.267. The van der Waals surface area contributed by atoms with E-state index in [1.54, 1.807) is 13.8 Å². The fraction of sp³-hybridized carbons (Fsp3) is 0.706. The molecule has 0 aromatic carbocycles. The fourth-order valence-electron chi connectivity index (χ4n) is 2.35. The molecule has 0 saturated carbocycles. The van der Waals surface area contributed by atoms with E-state index >= 15 is 0 Å². The molecule has 0 aromatic rings. The third-order valence-corrected chi connectivity index (χ3v) is 3.77. The number of carbonyl (C=O) groups excluding carboxylic acids is 3. The highest BCUT2D eigenvalue weighted by molar-refractivity contribution is 5.77. The Morgan fingerprint density at radius 2 is 1.81 bits per heavy atom. The summed E-state index contributed by atoms with van der Waals surface area (Å²) in [6, 6.07) is -1.15. The van der Waals surface area contributed by atoms with Crippen molar-refractivity contribution in [3.05, 3.63) is 0 Å². The number of terminal acetylenes is 1. The van der Waals surface area contributed by atoms with Crippen molar-refractivity contribution in [3.8, 4) is 12.3 Å². The monoisotopic (exact) mass is 371 g/mol. The molecule has 1 unspecified atom stereocenters. The van der Waals surface area contributed by atoms with Gasteiger partial charge in [0.1, 0.15) is 18.2 Å². The van der Waals surface area contributed by atoms with Crippen molar-refractivity contribution in [2.24, 2.45) is 0 Å². The van der Waals surface area contributed by atoms with Crippen LogP contribution in [0.4, 0.5) is 0 Å². The van der Waals surface area contributed by atoms with Gasteiger partial charge in [-0.3, -0.25) is 14.4 Å². The van der Waals surface area contributed by atoms with Gasteiger partial charge in [-0.2, -0.15) is 0 Å². The molecule has 1 fully saturated rings. The molecule has 26 heavy (non-hydrogen) atoms. The first-order chi connectivity index (χ1) is 12.4. The van der Waals surface area contributed by atoms with Gasteiger partial charge in [0.25, 0.3) is 0 Å². The summed E-state index contributed by atoms with van der Waals surface area (Å²) in [7, 11) is 0. The number of amides is 1. The predicted molar refractivity (Wildman–Crippen MR) is 88.3 cm³/mol. The molecule has 1 saturated heterocycles. The molecule has 146 valence electrons. The van der Waals surface area contributed by atoms with Crippen molar-refractivity contribution in [2.75, 3.05) is 6.61 Å². The van der Waals surface area contributed by atoms with E-state index in [4.69, 9.17) is 20.6 Å². The molecule has 1 aliphatic heterocycles. The van der Waals surface area contributed by atoms with Crippen molar-refractivity contribution in [1.29, 1.82) is 0 Å². The minimum atomic E-state index is -1.43. The smallest absolute Gasteiger partial charge is 0.307 e. The molecule has 0 aromatic heterocycles. The number of nitrogens with one attached hydrogen (secondary N) is 1. The number of esters is 2. The molecule has 3 N–H and O–H groups in total. The van der Waals surface area contributed by atoms with Gasteiger partial charge in [-0.25, -0.2) is 0 Å². The largest absolute Gasteiger partial charge is 0.457 e. The van der Waals surface area contributed by atoms with E-state index < -0.39 is 55.1 Å². The lowest BCUT2D eigenvalue weighted by atomic mass is 9.96. The predicted octanol–water partition coefficient (Wildman–Crippen LogP) is -0.762. The normalized spacial score (nSPS) is 27.9. The average molecular weight is 371 g/mol. The van der Waals surface area contributed by atoms with Crippen LogP contribution in [0.5, 0.6) is 0 Å². The molecular weight excluding hydrogens is 346 g/mol. The molecule has 1 aliphatic rings. The minimum absolute atomic E-state index is 0.00455. The second-order valence-electron chi connectivity index (χ2n) is 5.66. The number of aliphatic hydroxyl groups excluding tert-OH is 2. The maximum atomic E-state index is 12.1. The Morgan fingerprint density at radius 3 is 2.35 bits per heavy atom. The molecule has 1 rings (SSSR count). The van der Waals surface area contributed by atoms with Crippen LogP contribution in [0.25, 0.3) is 0 Å². The minimum Gasteiger partial charge on any atom is -0.457 e. The van der Waals surface area contributed by atoms with E-state index in [2.05, 4.69) is 11.2 Å². The zero-order chi connectivity index (χ0) is 19.7. The summed E-state index contributed by atoms with van der Waals surface area (Å²) >= 11 is 0. The Morgan fingerprint density at radius 1 is 1.19 bits per heavy atom. The Balaban J connectivity index is 3.08. The highest BCUT2D eigenvalue weighted by Crippen LogP contribution is 2.25. The maximum absolute atomic E-state index is 12.1. The summed E-state index contributed by atoms with van der Waals surface area (Å²) in [5, 5.41) is 22.3. The topological polar surface area (TPSA) is 131 Å². The standard InChI is InChI=1S/C17H25NO8/c1-4-7-8-11(20)18-14-16(25-12(21)5-2)15(23)10(9-19)24-17(14)26-13(22)6-3/h1,10,14-17,19,23H,5-9H2,2-3H3,(H,18,20)/t10-,14-,15-,16-,17?/m1/s1. The van der Waals surface area contributed by atoms with Crippen LogP contribution in [0.15, 0.2) is 0 Å². The van der Waals surface area contributed by atoms with Crippen LogP contribution in [0.2, 0.25) is 0 Å². The number of hydrogen-bond donors (Lipinski definition) is 3. The highest BCUT2D eigenvalue weighted by Gasteiger charge is 2.49. The van der Waals surface area contributed by atoms with Crippen LogP contribution in [0.3, 0.4) is 0 Å². The van der Waals surface area contributed by atoms with Crippen LogP contribution in [-0.4, -0.2) is 65.3 Å². The van der Waals surface area contributed by atoms with Crippen molar-refractivity contribution in [3.63, 3.8) is 0 Å². The first-order valence-electron chi connectivity index (χ1n) is 8.44. The first-order valence-corrected chi connectivity index (χ1v) is 8.44. The van der Waals surface area contributed by atoms with E-state index in [0.29, 0.717) is 0 Å². The number of rotatable bonds is 8. The summed E-state index contributed by atoms with van der Waals surface area (Å²) in [5.41, 5.74) is 0. The SMILES string of the molecule is C#CCCC(=O)N[C@H]1C(OC(=O)CC)O[C@H](CO)[C@@H](O)[C@@H]1OC(=O)CC. The van der Waals surface area contributed by atoms with Crippen LogP contribution >= 0.6 is 0 Å². The van der Waals surface area contributed by atoms with Crippen LogP contribution in [0, 0.1) is 12.3 Å². The summed E-state index contributed by atoms with van der Waals surface area (Å²) in [6.45, 7) is 2.53. The number of hydrogen-bond acceptors (Lipinski definition) is 8. The molecular formula is C17H25NO8. The van der Waals surface area contributed by atoms with Crippen LogP contribution in [-0.2, 0) is 28.6 Å². The molecule has 5 atom stereocenters.